The van der Waals surface area contributed by atoms with Gasteiger partial charge in [-0.3, -0.25) is 0 Å². The molecule has 1 aromatic carbocycles. The Morgan fingerprint density at radius 1 is 1.21 bits per heavy atom. The van der Waals surface area contributed by atoms with Crippen LogP contribution in [0.3, 0.4) is 0 Å². The van der Waals surface area contributed by atoms with Gasteiger partial charge in [0, 0.05) is 5.39 Å². The standard InChI is InChI=1S/C15H10N2OS/c16-9-11-8-15(19-10-12-4-3-7-18-12)17-14-6-2-1-5-13(11)14/h1-8H,10H2. The maximum absolute atomic E-state index is 9.21. The van der Waals surface area contributed by atoms with E-state index in [0.717, 1.165) is 21.7 Å². The van der Waals surface area contributed by atoms with E-state index in [1.807, 2.05) is 42.5 Å². The first kappa shape index (κ1) is 11.8. The zero-order chi connectivity index (χ0) is 13.1. The van der Waals surface area contributed by atoms with Gasteiger partial charge in [-0.2, -0.15) is 5.26 Å². The Kier molecular flexibility index (Phi) is 3.21. The quantitative estimate of drug-likeness (QED) is 0.672. The number of hydrogen-bond donors (Lipinski definition) is 0. The normalized spacial score (nSPS) is 10.5. The third kappa shape index (κ3) is 2.47. The molecular weight excluding hydrogens is 256 g/mol. The molecule has 0 atom stereocenters. The molecule has 0 fully saturated rings. The van der Waals surface area contributed by atoms with Crippen molar-refractivity contribution in [2.45, 2.75) is 10.8 Å². The first-order valence-corrected chi connectivity index (χ1v) is 6.80. The summed E-state index contributed by atoms with van der Waals surface area (Å²) in [4.78, 5) is 4.55. The van der Waals surface area contributed by atoms with Crippen LogP contribution in [0.4, 0.5) is 0 Å². The number of furan rings is 1. The maximum Gasteiger partial charge on any atom is 0.114 e. The van der Waals surface area contributed by atoms with Crippen LogP contribution in [0.25, 0.3) is 10.9 Å². The average Bonchev–Trinajstić information content (AvgIpc) is 2.97. The monoisotopic (exact) mass is 266 g/mol. The van der Waals surface area contributed by atoms with E-state index < -0.39 is 0 Å². The van der Waals surface area contributed by atoms with Crippen molar-refractivity contribution in [2.75, 3.05) is 0 Å². The van der Waals surface area contributed by atoms with Gasteiger partial charge in [0.25, 0.3) is 0 Å². The Bertz CT molecular complexity index is 744. The fourth-order valence-corrected chi connectivity index (χ4v) is 2.68. The third-order valence-corrected chi connectivity index (χ3v) is 3.69. The summed E-state index contributed by atoms with van der Waals surface area (Å²) < 4.78 is 5.29. The molecule has 92 valence electrons. The minimum Gasteiger partial charge on any atom is -0.468 e. The summed E-state index contributed by atoms with van der Waals surface area (Å²) in [5.41, 5.74) is 1.51. The van der Waals surface area contributed by atoms with E-state index in [9.17, 15) is 5.26 Å². The lowest BCUT2D eigenvalue weighted by molar-refractivity contribution is 0.530. The molecule has 3 rings (SSSR count). The second-order valence-electron chi connectivity index (χ2n) is 4.01. The highest BCUT2D eigenvalue weighted by atomic mass is 32.2. The summed E-state index contributed by atoms with van der Waals surface area (Å²) in [7, 11) is 0. The van der Waals surface area contributed by atoms with Crippen molar-refractivity contribution in [3.05, 3.63) is 60.1 Å². The highest BCUT2D eigenvalue weighted by Gasteiger charge is 2.06. The molecule has 0 aliphatic rings. The molecule has 2 heterocycles. The molecule has 0 aliphatic heterocycles. The molecule has 0 saturated heterocycles. The van der Waals surface area contributed by atoms with Crippen molar-refractivity contribution in [1.82, 2.24) is 4.98 Å². The molecule has 3 aromatic rings. The topological polar surface area (TPSA) is 49.8 Å². The first-order chi connectivity index (χ1) is 9.36. The van der Waals surface area contributed by atoms with Crippen LogP contribution in [-0.4, -0.2) is 4.98 Å². The zero-order valence-corrected chi connectivity index (χ0v) is 10.9. The molecule has 2 aromatic heterocycles. The summed E-state index contributed by atoms with van der Waals surface area (Å²) in [5.74, 6) is 1.61. The van der Waals surface area contributed by atoms with E-state index >= 15 is 0 Å². The van der Waals surface area contributed by atoms with Crippen LogP contribution in [0.15, 0.2) is 58.2 Å². The van der Waals surface area contributed by atoms with E-state index in [0.29, 0.717) is 11.3 Å². The Morgan fingerprint density at radius 3 is 2.89 bits per heavy atom. The number of nitrogens with zero attached hydrogens (tertiary/aromatic N) is 2. The minimum atomic E-state index is 0.660. The third-order valence-electron chi connectivity index (χ3n) is 2.76. The van der Waals surface area contributed by atoms with Gasteiger partial charge in [0.1, 0.15) is 5.76 Å². The zero-order valence-electron chi connectivity index (χ0n) is 10.0. The van der Waals surface area contributed by atoms with E-state index in [2.05, 4.69) is 11.1 Å². The van der Waals surface area contributed by atoms with Gasteiger partial charge in [-0.15, -0.1) is 0 Å². The molecule has 0 N–H and O–H groups in total. The highest BCUT2D eigenvalue weighted by Crippen LogP contribution is 2.26. The van der Waals surface area contributed by atoms with E-state index in [4.69, 9.17) is 4.42 Å². The molecule has 0 spiro atoms. The van der Waals surface area contributed by atoms with Crippen LogP contribution in [0.1, 0.15) is 11.3 Å². The molecule has 3 nitrogen and oxygen atoms in total. The number of para-hydroxylation sites is 1. The number of nitriles is 1. The predicted octanol–water partition coefficient (Wildman–Crippen LogP) is 3.99. The summed E-state index contributed by atoms with van der Waals surface area (Å²) >= 11 is 1.57. The van der Waals surface area contributed by atoms with Crippen LogP contribution in [-0.2, 0) is 5.75 Å². The smallest absolute Gasteiger partial charge is 0.114 e. The number of hydrogen-bond acceptors (Lipinski definition) is 4. The SMILES string of the molecule is N#Cc1cc(SCc2ccco2)nc2ccccc12. The van der Waals surface area contributed by atoms with Gasteiger partial charge >= 0.3 is 0 Å². The number of rotatable bonds is 3. The van der Waals surface area contributed by atoms with Crippen LogP contribution >= 0.6 is 11.8 Å². The van der Waals surface area contributed by atoms with E-state index in [1.165, 1.54) is 0 Å². The summed E-state index contributed by atoms with van der Waals surface area (Å²) in [5, 5.41) is 10.9. The Labute approximate surface area is 114 Å². The van der Waals surface area contributed by atoms with Gasteiger partial charge in [-0.1, -0.05) is 30.0 Å². The Hall–Kier alpha value is -2.25. The Balaban J connectivity index is 1.94. The summed E-state index contributed by atoms with van der Waals surface area (Å²) in [6.45, 7) is 0. The second-order valence-corrected chi connectivity index (χ2v) is 5.00. The van der Waals surface area contributed by atoms with Crippen LogP contribution in [0.2, 0.25) is 0 Å². The van der Waals surface area contributed by atoms with Gasteiger partial charge in [0.2, 0.25) is 0 Å². The predicted molar refractivity (Wildman–Crippen MR) is 74.7 cm³/mol. The lowest BCUT2D eigenvalue weighted by Gasteiger charge is -2.03. The molecule has 0 saturated carbocycles. The Morgan fingerprint density at radius 2 is 2.11 bits per heavy atom. The van der Waals surface area contributed by atoms with Gasteiger partial charge < -0.3 is 4.42 Å². The maximum atomic E-state index is 9.21. The van der Waals surface area contributed by atoms with Crippen LogP contribution in [0.5, 0.6) is 0 Å². The lowest BCUT2D eigenvalue weighted by Crippen LogP contribution is -1.88. The summed E-state index contributed by atoms with van der Waals surface area (Å²) in [6, 6.07) is 15.5. The van der Waals surface area contributed by atoms with Gasteiger partial charge in [0.15, 0.2) is 0 Å². The molecule has 4 heteroatoms. The van der Waals surface area contributed by atoms with Crippen molar-refractivity contribution in [3.63, 3.8) is 0 Å². The van der Waals surface area contributed by atoms with Crippen molar-refractivity contribution in [2.24, 2.45) is 0 Å². The number of pyridine rings is 1. The summed E-state index contributed by atoms with van der Waals surface area (Å²) in [6.07, 6.45) is 1.66. The molecular formula is C15H10N2OS. The van der Waals surface area contributed by atoms with E-state index in [1.54, 1.807) is 18.0 Å². The largest absolute Gasteiger partial charge is 0.468 e. The lowest BCUT2D eigenvalue weighted by atomic mass is 10.1. The minimum absolute atomic E-state index is 0.660. The fraction of sp³-hybridized carbons (Fsp3) is 0.0667. The number of aromatic nitrogens is 1. The van der Waals surface area contributed by atoms with Gasteiger partial charge in [0.05, 0.1) is 34.2 Å². The highest BCUT2D eigenvalue weighted by molar-refractivity contribution is 7.98. The van der Waals surface area contributed by atoms with Gasteiger partial charge in [-0.25, -0.2) is 4.98 Å². The van der Waals surface area contributed by atoms with Crippen molar-refractivity contribution < 1.29 is 4.42 Å². The average molecular weight is 266 g/mol. The van der Waals surface area contributed by atoms with E-state index in [-0.39, 0.29) is 0 Å². The second kappa shape index (κ2) is 5.17. The molecule has 0 amide bonds. The van der Waals surface area contributed by atoms with Crippen molar-refractivity contribution in [1.29, 1.82) is 5.26 Å². The first-order valence-electron chi connectivity index (χ1n) is 5.82. The number of benzene rings is 1. The number of fused-ring (bicyclic) bond motifs is 1. The van der Waals surface area contributed by atoms with Crippen LogP contribution in [0, 0.1) is 11.3 Å². The van der Waals surface area contributed by atoms with Crippen molar-refractivity contribution in [3.8, 4) is 6.07 Å². The molecule has 0 bridgehead atoms. The molecule has 19 heavy (non-hydrogen) atoms. The number of thioether (sulfide) groups is 1. The molecule has 0 unspecified atom stereocenters. The fourth-order valence-electron chi connectivity index (χ4n) is 1.86. The molecule has 0 radical (unpaired) electrons. The van der Waals surface area contributed by atoms with Gasteiger partial charge in [-0.05, 0) is 24.3 Å². The molecule has 0 aliphatic carbocycles. The van der Waals surface area contributed by atoms with Crippen LogP contribution < -0.4 is 0 Å². The van der Waals surface area contributed by atoms with Crippen molar-refractivity contribution >= 4 is 22.7 Å².